The molecule has 0 radical (unpaired) electrons. The van der Waals surface area contributed by atoms with Gasteiger partial charge >= 0.3 is 5.97 Å². The van der Waals surface area contributed by atoms with Crippen molar-refractivity contribution >= 4 is 18.6 Å². The second kappa shape index (κ2) is 4.82. The van der Waals surface area contributed by atoms with Gasteiger partial charge < -0.3 is 9.84 Å². The molecule has 0 aliphatic rings. The Balaban J connectivity index is 3.44. The summed E-state index contributed by atoms with van der Waals surface area (Å²) in [6.07, 6.45) is 0. The summed E-state index contributed by atoms with van der Waals surface area (Å²) in [4.78, 5) is 11.6. The summed E-state index contributed by atoms with van der Waals surface area (Å²) in [5.74, 6) is -0.610. The second-order valence-electron chi connectivity index (χ2n) is 2.76. The van der Waals surface area contributed by atoms with Crippen molar-refractivity contribution in [2.75, 3.05) is 7.11 Å². The topological polar surface area (TPSA) is 70.3 Å². The molecule has 5 heteroatoms. The number of aliphatic hydroxyl groups is 1. The maximum absolute atomic E-state index is 11.4. The van der Waals surface area contributed by atoms with Gasteiger partial charge in [-0.2, -0.15) is 5.26 Å². The van der Waals surface area contributed by atoms with Crippen molar-refractivity contribution in [3.63, 3.8) is 0 Å². The molecule has 0 aliphatic heterocycles. The minimum absolute atomic E-state index is 0.141. The normalized spacial score (nSPS) is 9.47. The van der Waals surface area contributed by atoms with Gasteiger partial charge in [0.1, 0.15) is 6.07 Å². The van der Waals surface area contributed by atoms with Crippen molar-refractivity contribution in [2.45, 2.75) is 11.5 Å². The largest absolute Gasteiger partial charge is 0.465 e. The van der Waals surface area contributed by atoms with Gasteiger partial charge in [0.25, 0.3) is 0 Å². The van der Waals surface area contributed by atoms with Crippen LogP contribution in [0.4, 0.5) is 0 Å². The molecule has 1 rings (SSSR count). The second-order valence-corrected chi connectivity index (χ2v) is 3.20. The minimum atomic E-state index is -0.610. The monoisotopic (exact) mass is 223 g/mol. The van der Waals surface area contributed by atoms with Crippen LogP contribution in [-0.4, -0.2) is 18.2 Å². The Morgan fingerprint density at radius 1 is 1.67 bits per heavy atom. The summed E-state index contributed by atoms with van der Waals surface area (Å²) in [5.41, 5.74) is 0.809. The first-order valence-corrected chi connectivity index (χ1v) is 4.54. The quantitative estimate of drug-likeness (QED) is 0.582. The molecule has 15 heavy (non-hydrogen) atoms. The van der Waals surface area contributed by atoms with E-state index in [2.05, 4.69) is 17.4 Å². The summed E-state index contributed by atoms with van der Waals surface area (Å²) in [5, 5.41) is 17.8. The van der Waals surface area contributed by atoms with Crippen LogP contribution in [0, 0.1) is 11.3 Å². The number of benzene rings is 1. The number of methoxy groups -OCH3 is 1. The maximum atomic E-state index is 11.4. The zero-order chi connectivity index (χ0) is 11.4. The molecule has 0 unspecified atom stereocenters. The smallest absolute Gasteiger partial charge is 0.339 e. The molecular formula is C10H9NO3S. The van der Waals surface area contributed by atoms with E-state index in [1.165, 1.54) is 19.2 Å². The highest BCUT2D eigenvalue weighted by atomic mass is 32.1. The number of rotatable bonds is 2. The van der Waals surface area contributed by atoms with Gasteiger partial charge in [-0.15, -0.1) is 12.6 Å². The molecule has 4 nitrogen and oxygen atoms in total. The highest BCUT2D eigenvalue weighted by Crippen LogP contribution is 2.23. The van der Waals surface area contributed by atoms with E-state index in [0.717, 1.165) is 0 Å². The minimum Gasteiger partial charge on any atom is -0.465 e. The molecule has 1 aromatic rings. The Morgan fingerprint density at radius 3 is 2.80 bits per heavy atom. The van der Waals surface area contributed by atoms with Crippen LogP contribution in [0.2, 0.25) is 0 Å². The van der Waals surface area contributed by atoms with E-state index in [0.29, 0.717) is 5.56 Å². The Bertz CT molecular complexity index is 437. The lowest BCUT2D eigenvalue weighted by atomic mass is 10.0. The number of aliphatic hydroxyl groups excluding tert-OH is 1. The van der Waals surface area contributed by atoms with Crippen molar-refractivity contribution in [3.8, 4) is 6.07 Å². The van der Waals surface area contributed by atoms with E-state index < -0.39 is 5.97 Å². The lowest BCUT2D eigenvalue weighted by Gasteiger charge is -2.09. The van der Waals surface area contributed by atoms with Gasteiger partial charge in [-0.25, -0.2) is 4.79 Å². The third-order valence-corrected chi connectivity index (χ3v) is 2.41. The molecule has 0 heterocycles. The van der Waals surface area contributed by atoms with Gasteiger partial charge in [-0.05, 0) is 11.6 Å². The number of carbonyl (C=O) groups is 1. The SMILES string of the molecule is COC(=O)c1c(CO)ccc(C#N)c1S. The molecule has 0 amide bonds. The molecule has 0 saturated carbocycles. The first-order valence-electron chi connectivity index (χ1n) is 4.09. The summed E-state index contributed by atoms with van der Waals surface area (Å²) in [6.45, 7) is -0.302. The molecular weight excluding hydrogens is 214 g/mol. The standard InChI is InChI=1S/C10H9NO3S/c1-14-10(13)8-7(5-12)3-2-6(4-11)9(8)15/h2-3,12,15H,5H2,1H3. The summed E-state index contributed by atoms with van der Waals surface area (Å²) in [7, 11) is 1.23. The number of hydrogen-bond acceptors (Lipinski definition) is 5. The predicted molar refractivity (Wildman–Crippen MR) is 55.7 cm³/mol. The number of hydrogen-bond donors (Lipinski definition) is 2. The average molecular weight is 223 g/mol. The fraction of sp³-hybridized carbons (Fsp3) is 0.200. The molecule has 1 N–H and O–H groups in total. The Labute approximate surface area is 92.5 Å². The van der Waals surface area contributed by atoms with Crippen molar-refractivity contribution in [2.24, 2.45) is 0 Å². The Hall–Kier alpha value is -1.51. The summed E-state index contributed by atoms with van der Waals surface area (Å²) in [6, 6.07) is 4.90. The van der Waals surface area contributed by atoms with Crippen LogP contribution in [0.1, 0.15) is 21.5 Å². The van der Waals surface area contributed by atoms with E-state index in [1.807, 2.05) is 6.07 Å². The molecule has 0 saturated heterocycles. The Kier molecular flexibility index (Phi) is 3.72. The zero-order valence-corrected chi connectivity index (χ0v) is 8.91. The molecule has 0 aromatic heterocycles. The van der Waals surface area contributed by atoms with E-state index in [-0.39, 0.29) is 22.6 Å². The highest BCUT2D eigenvalue weighted by Gasteiger charge is 2.17. The number of ether oxygens (including phenoxy) is 1. The van der Waals surface area contributed by atoms with Crippen LogP contribution < -0.4 is 0 Å². The van der Waals surface area contributed by atoms with E-state index in [9.17, 15) is 4.79 Å². The average Bonchev–Trinajstić information content (AvgIpc) is 2.27. The molecule has 0 fully saturated rings. The molecule has 1 aromatic carbocycles. The van der Waals surface area contributed by atoms with Gasteiger partial charge in [0.15, 0.2) is 0 Å². The van der Waals surface area contributed by atoms with Crippen LogP contribution in [-0.2, 0) is 11.3 Å². The third-order valence-electron chi connectivity index (χ3n) is 1.94. The van der Waals surface area contributed by atoms with E-state index >= 15 is 0 Å². The first-order chi connectivity index (χ1) is 7.15. The maximum Gasteiger partial charge on any atom is 0.339 e. The lowest BCUT2D eigenvalue weighted by molar-refractivity contribution is 0.0593. The van der Waals surface area contributed by atoms with Gasteiger partial charge in [-0.1, -0.05) is 6.07 Å². The van der Waals surface area contributed by atoms with Gasteiger partial charge in [0.2, 0.25) is 0 Å². The number of nitrogens with zero attached hydrogens (tertiary/aromatic N) is 1. The number of carbonyl (C=O) groups excluding carboxylic acids is 1. The van der Waals surface area contributed by atoms with E-state index in [4.69, 9.17) is 10.4 Å². The highest BCUT2D eigenvalue weighted by molar-refractivity contribution is 7.80. The molecule has 0 aliphatic carbocycles. The molecule has 0 bridgehead atoms. The molecule has 0 atom stereocenters. The van der Waals surface area contributed by atoms with Crippen molar-refractivity contribution in [1.82, 2.24) is 0 Å². The molecule has 0 spiro atoms. The Morgan fingerprint density at radius 2 is 2.33 bits per heavy atom. The lowest BCUT2D eigenvalue weighted by Crippen LogP contribution is -2.08. The van der Waals surface area contributed by atoms with Crippen LogP contribution in [0.15, 0.2) is 17.0 Å². The fourth-order valence-corrected chi connectivity index (χ4v) is 1.54. The van der Waals surface area contributed by atoms with Crippen LogP contribution in [0.3, 0.4) is 0 Å². The predicted octanol–water partition coefficient (Wildman–Crippen LogP) is 1.13. The summed E-state index contributed by atoms with van der Waals surface area (Å²) >= 11 is 4.07. The van der Waals surface area contributed by atoms with Crippen LogP contribution in [0.5, 0.6) is 0 Å². The fourth-order valence-electron chi connectivity index (χ4n) is 1.18. The third kappa shape index (κ3) is 2.12. The van der Waals surface area contributed by atoms with E-state index in [1.54, 1.807) is 0 Å². The van der Waals surface area contributed by atoms with Crippen molar-refractivity contribution in [3.05, 3.63) is 28.8 Å². The number of thiol groups is 1. The number of esters is 1. The van der Waals surface area contributed by atoms with Crippen LogP contribution >= 0.6 is 12.6 Å². The van der Waals surface area contributed by atoms with Crippen molar-refractivity contribution < 1.29 is 14.6 Å². The van der Waals surface area contributed by atoms with Crippen LogP contribution in [0.25, 0.3) is 0 Å². The van der Waals surface area contributed by atoms with Gasteiger partial charge in [0.05, 0.1) is 24.8 Å². The van der Waals surface area contributed by atoms with Gasteiger partial charge in [0, 0.05) is 4.90 Å². The molecule has 78 valence electrons. The summed E-state index contributed by atoms with van der Waals surface area (Å²) < 4.78 is 4.55. The number of nitriles is 1. The van der Waals surface area contributed by atoms with Gasteiger partial charge in [-0.3, -0.25) is 0 Å². The first kappa shape index (κ1) is 11.6. The van der Waals surface area contributed by atoms with Crippen molar-refractivity contribution in [1.29, 1.82) is 5.26 Å². The zero-order valence-electron chi connectivity index (χ0n) is 8.02.